The Morgan fingerprint density at radius 1 is 1.48 bits per heavy atom. The highest BCUT2D eigenvalue weighted by Gasteiger charge is 2.13. The highest BCUT2D eigenvalue weighted by atomic mass is 79.9. The van der Waals surface area contributed by atoms with Gasteiger partial charge in [-0.25, -0.2) is 0 Å². The molecule has 0 radical (unpaired) electrons. The Hall–Kier alpha value is -2.08. The Bertz CT molecular complexity index is 625. The van der Waals surface area contributed by atoms with Crippen molar-refractivity contribution < 1.29 is 18.7 Å². The first-order valence-electron chi connectivity index (χ1n) is 6.30. The van der Waals surface area contributed by atoms with Crippen molar-refractivity contribution in [2.75, 3.05) is 6.61 Å². The number of benzene rings is 1. The minimum absolute atomic E-state index is 0.173. The maximum Gasteiger partial charge on any atom is 0.258 e. The first kappa shape index (κ1) is 15.3. The Morgan fingerprint density at radius 2 is 2.29 bits per heavy atom. The number of carbonyl (C=O) groups is 2. The zero-order valence-corrected chi connectivity index (χ0v) is 12.9. The zero-order valence-electron chi connectivity index (χ0n) is 11.3. The molecule has 0 aliphatic heterocycles. The van der Waals surface area contributed by atoms with Gasteiger partial charge < -0.3 is 14.5 Å². The third-order valence-electron chi connectivity index (χ3n) is 2.81. The summed E-state index contributed by atoms with van der Waals surface area (Å²) in [5.41, 5.74) is 0.385. The maximum atomic E-state index is 11.8. The largest absolute Gasteiger partial charge is 0.483 e. The van der Waals surface area contributed by atoms with Gasteiger partial charge >= 0.3 is 0 Å². The van der Waals surface area contributed by atoms with Gasteiger partial charge in [-0.15, -0.1) is 0 Å². The van der Waals surface area contributed by atoms with E-state index in [1.54, 1.807) is 36.6 Å². The standard InChI is InChI=1S/C15H14BrNO4/c1-10(13-3-2-6-20-13)17-15(19)9-21-14-5-4-12(16)7-11(14)8-18/h2-8,10H,9H2,1H3,(H,17,19)/t10-/m1/s1. The van der Waals surface area contributed by atoms with Crippen LogP contribution in [0.1, 0.15) is 29.1 Å². The molecule has 0 unspecified atom stereocenters. The maximum absolute atomic E-state index is 11.8. The zero-order chi connectivity index (χ0) is 15.2. The van der Waals surface area contributed by atoms with Gasteiger partial charge in [0.05, 0.1) is 17.9 Å². The second-order valence-corrected chi connectivity index (χ2v) is 5.31. The molecular weight excluding hydrogens is 338 g/mol. The highest BCUT2D eigenvalue weighted by molar-refractivity contribution is 9.10. The van der Waals surface area contributed by atoms with E-state index in [4.69, 9.17) is 9.15 Å². The number of hydrogen-bond acceptors (Lipinski definition) is 4. The lowest BCUT2D eigenvalue weighted by Gasteiger charge is -2.13. The summed E-state index contributed by atoms with van der Waals surface area (Å²) in [5.74, 6) is 0.744. The summed E-state index contributed by atoms with van der Waals surface area (Å²) in [6, 6.07) is 8.30. The smallest absolute Gasteiger partial charge is 0.258 e. The molecule has 1 aromatic carbocycles. The number of ether oxygens (including phenoxy) is 1. The molecule has 5 nitrogen and oxygen atoms in total. The Morgan fingerprint density at radius 3 is 2.95 bits per heavy atom. The number of aldehydes is 1. The van der Waals surface area contributed by atoms with Gasteiger partial charge in [0.2, 0.25) is 0 Å². The topological polar surface area (TPSA) is 68.5 Å². The van der Waals surface area contributed by atoms with Gasteiger partial charge in [0.25, 0.3) is 5.91 Å². The van der Waals surface area contributed by atoms with Crippen LogP contribution in [0.15, 0.2) is 45.5 Å². The number of nitrogens with one attached hydrogen (secondary N) is 1. The number of rotatable bonds is 6. The van der Waals surface area contributed by atoms with Crippen LogP contribution in [-0.4, -0.2) is 18.8 Å². The fourth-order valence-electron chi connectivity index (χ4n) is 1.78. The first-order chi connectivity index (χ1) is 10.1. The Labute approximate surface area is 130 Å². The molecule has 1 atom stereocenters. The minimum atomic E-state index is -0.293. The molecule has 0 aliphatic rings. The molecule has 2 rings (SSSR count). The lowest BCUT2D eigenvalue weighted by Crippen LogP contribution is -2.31. The number of carbonyl (C=O) groups excluding carboxylic acids is 2. The minimum Gasteiger partial charge on any atom is -0.483 e. The van der Waals surface area contributed by atoms with Crippen molar-refractivity contribution in [3.63, 3.8) is 0 Å². The van der Waals surface area contributed by atoms with Crippen molar-refractivity contribution in [2.45, 2.75) is 13.0 Å². The van der Waals surface area contributed by atoms with Crippen molar-refractivity contribution in [3.8, 4) is 5.75 Å². The van der Waals surface area contributed by atoms with E-state index in [9.17, 15) is 9.59 Å². The summed E-state index contributed by atoms with van der Waals surface area (Å²) in [7, 11) is 0. The second-order valence-electron chi connectivity index (χ2n) is 4.39. The van der Waals surface area contributed by atoms with Crippen molar-refractivity contribution in [2.24, 2.45) is 0 Å². The summed E-state index contributed by atoms with van der Waals surface area (Å²) < 4.78 is 11.3. The molecule has 0 fully saturated rings. The van der Waals surface area contributed by atoms with E-state index in [2.05, 4.69) is 21.2 Å². The van der Waals surface area contributed by atoms with Crippen molar-refractivity contribution in [1.82, 2.24) is 5.32 Å². The number of furan rings is 1. The number of hydrogen-bond donors (Lipinski definition) is 1. The molecule has 1 aromatic heterocycles. The van der Waals surface area contributed by atoms with Crippen LogP contribution in [0.5, 0.6) is 5.75 Å². The average Bonchev–Trinajstić information content (AvgIpc) is 3.00. The van der Waals surface area contributed by atoms with Crippen LogP contribution in [0.4, 0.5) is 0 Å². The van der Waals surface area contributed by atoms with Gasteiger partial charge in [-0.2, -0.15) is 0 Å². The van der Waals surface area contributed by atoms with Crippen LogP contribution in [0.25, 0.3) is 0 Å². The van der Waals surface area contributed by atoms with E-state index in [-0.39, 0.29) is 18.6 Å². The van der Waals surface area contributed by atoms with E-state index < -0.39 is 0 Å². The van der Waals surface area contributed by atoms with E-state index in [0.29, 0.717) is 23.4 Å². The number of halogens is 1. The fourth-order valence-corrected chi connectivity index (χ4v) is 2.16. The van der Waals surface area contributed by atoms with Crippen LogP contribution < -0.4 is 10.1 Å². The molecule has 0 saturated carbocycles. The summed E-state index contributed by atoms with van der Waals surface area (Å²) in [6.07, 6.45) is 2.23. The molecule has 6 heteroatoms. The average molecular weight is 352 g/mol. The first-order valence-corrected chi connectivity index (χ1v) is 7.09. The predicted octanol–water partition coefficient (Wildman–Crippen LogP) is 3.11. The van der Waals surface area contributed by atoms with Gasteiger partial charge in [-0.1, -0.05) is 15.9 Å². The molecule has 0 aliphatic carbocycles. The monoisotopic (exact) mass is 351 g/mol. The molecular formula is C15H14BrNO4. The van der Waals surface area contributed by atoms with Crippen molar-refractivity contribution in [1.29, 1.82) is 0 Å². The van der Waals surface area contributed by atoms with E-state index >= 15 is 0 Å². The number of amides is 1. The molecule has 1 N–H and O–H groups in total. The van der Waals surface area contributed by atoms with Gasteiger partial charge in [-0.05, 0) is 37.3 Å². The predicted molar refractivity (Wildman–Crippen MR) is 80.3 cm³/mol. The molecule has 0 bridgehead atoms. The lowest BCUT2D eigenvalue weighted by molar-refractivity contribution is -0.123. The third-order valence-corrected chi connectivity index (χ3v) is 3.30. The summed E-state index contributed by atoms with van der Waals surface area (Å²) in [5, 5.41) is 2.75. The molecule has 0 saturated heterocycles. The summed E-state index contributed by atoms with van der Waals surface area (Å²) >= 11 is 3.27. The molecule has 2 aromatic rings. The Balaban J connectivity index is 1.91. The highest BCUT2D eigenvalue weighted by Crippen LogP contribution is 2.21. The summed E-state index contributed by atoms with van der Waals surface area (Å²) in [6.45, 7) is 1.64. The van der Waals surface area contributed by atoms with Crippen molar-refractivity contribution >= 4 is 28.1 Å². The van der Waals surface area contributed by atoms with Gasteiger partial charge in [0.1, 0.15) is 11.5 Å². The van der Waals surface area contributed by atoms with Crippen molar-refractivity contribution in [3.05, 3.63) is 52.4 Å². The van der Waals surface area contributed by atoms with E-state index in [0.717, 1.165) is 4.47 Å². The van der Waals surface area contributed by atoms with E-state index in [1.165, 1.54) is 0 Å². The van der Waals surface area contributed by atoms with Crippen LogP contribution >= 0.6 is 15.9 Å². The second kappa shape index (κ2) is 7.08. The van der Waals surface area contributed by atoms with Gasteiger partial charge in [-0.3, -0.25) is 9.59 Å². The normalized spacial score (nSPS) is 11.7. The SMILES string of the molecule is C[C@@H](NC(=O)COc1ccc(Br)cc1C=O)c1ccco1. The molecule has 21 heavy (non-hydrogen) atoms. The third kappa shape index (κ3) is 4.19. The van der Waals surface area contributed by atoms with Gasteiger partial charge in [0.15, 0.2) is 12.9 Å². The van der Waals surface area contributed by atoms with E-state index in [1.807, 2.05) is 6.92 Å². The van der Waals surface area contributed by atoms with Crippen LogP contribution in [0.2, 0.25) is 0 Å². The molecule has 1 amide bonds. The lowest BCUT2D eigenvalue weighted by atomic mass is 10.2. The molecule has 0 spiro atoms. The van der Waals surface area contributed by atoms with Gasteiger partial charge in [0, 0.05) is 4.47 Å². The van der Waals surface area contributed by atoms with Crippen LogP contribution in [0, 0.1) is 0 Å². The van der Waals surface area contributed by atoms with Crippen LogP contribution in [-0.2, 0) is 4.79 Å². The Kier molecular flexibility index (Phi) is 5.16. The summed E-state index contributed by atoms with van der Waals surface area (Å²) in [4.78, 5) is 22.8. The van der Waals surface area contributed by atoms with Crippen LogP contribution in [0.3, 0.4) is 0 Å². The molecule has 1 heterocycles. The fraction of sp³-hybridized carbons (Fsp3) is 0.200. The molecule has 110 valence electrons. The quantitative estimate of drug-likeness (QED) is 0.811.